The summed E-state index contributed by atoms with van der Waals surface area (Å²) in [5.41, 5.74) is 1.42. The van der Waals surface area contributed by atoms with Gasteiger partial charge in [-0.1, -0.05) is 37.3 Å². The molecule has 28 heavy (non-hydrogen) atoms. The van der Waals surface area contributed by atoms with E-state index in [1.165, 1.54) is 5.56 Å². The van der Waals surface area contributed by atoms with E-state index in [-0.39, 0.29) is 29.7 Å². The summed E-state index contributed by atoms with van der Waals surface area (Å²) >= 11 is 0. The summed E-state index contributed by atoms with van der Waals surface area (Å²) in [5, 5.41) is 3.38. The predicted molar refractivity (Wildman–Crippen MR) is 126 cm³/mol. The molecule has 2 unspecified atom stereocenters. The smallest absolute Gasteiger partial charge is 0.214 e. The molecule has 0 aromatic heterocycles. The molecular formula is C20H33IN4O2S. The Labute approximate surface area is 186 Å². The fourth-order valence-electron chi connectivity index (χ4n) is 4.17. The zero-order chi connectivity index (χ0) is 19.3. The number of guanidine groups is 1. The van der Waals surface area contributed by atoms with Crippen LogP contribution >= 0.6 is 24.0 Å². The monoisotopic (exact) mass is 520 g/mol. The lowest BCUT2D eigenvalue weighted by molar-refractivity contribution is 0.234. The van der Waals surface area contributed by atoms with E-state index in [9.17, 15) is 8.42 Å². The van der Waals surface area contributed by atoms with Gasteiger partial charge < -0.3 is 10.2 Å². The molecule has 0 saturated carbocycles. The Morgan fingerprint density at radius 3 is 2.61 bits per heavy atom. The average molecular weight is 520 g/mol. The zero-order valence-corrected chi connectivity index (χ0v) is 20.0. The van der Waals surface area contributed by atoms with Gasteiger partial charge in [-0.15, -0.1) is 24.0 Å². The van der Waals surface area contributed by atoms with Gasteiger partial charge >= 0.3 is 0 Å². The van der Waals surface area contributed by atoms with Crippen LogP contribution in [0.15, 0.2) is 35.3 Å². The van der Waals surface area contributed by atoms with Gasteiger partial charge in [-0.3, -0.25) is 4.99 Å². The molecule has 2 aliphatic heterocycles. The van der Waals surface area contributed by atoms with Crippen LogP contribution in [0.4, 0.5) is 0 Å². The molecule has 1 aromatic carbocycles. The molecule has 6 nitrogen and oxygen atoms in total. The Morgan fingerprint density at radius 1 is 1.25 bits per heavy atom. The van der Waals surface area contributed by atoms with Gasteiger partial charge in [0.2, 0.25) is 10.0 Å². The van der Waals surface area contributed by atoms with Gasteiger partial charge in [-0.25, -0.2) is 12.7 Å². The first-order valence-corrected chi connectivity index (χ1v) is 11.7. The molecule has 8 heteroatoms. The van der Waals surface area contributed by atoms with E-state index in [1.54, 1.807) is 4.31 Å². The third-order valence-electron chi connectivity index (χ3n) is 5.58. The number of halogens is 1. The fourth-order valence-corrected chi connectivity index (χ4v) is 5.69. The summed E-state index contributed by atoms with van der Waals surface area (Å²) in [4.78, 5) is 7.05. The first-order valence-electron chi connectivity index (χ1n) is 10.1. The Morgan fingerprint density at radius 2 is 2.00 bits per heavy atom. The number of rotatable bonds is 5. The van der Waals surface area contributed by atoms with E-state index >= 15 is 0 Å². The molecule has 0 amide bonds. The van der Waals surface area contributed by atoms with Gasteiger partial charge in [0.1, 0.15) is 0 Å². The third-order valence-corrected chi connectivity index (χ3v) is 7.54. The second kappa shape index (κ2) is 10.8. The molecule has 158 valence electrons. The molecule has 0 aliphatic carbocycles. The van der Waals surface area contributed by atoms with E-state index in [2.05, 4.69) is 54.4 Å². The number of nitrogens with one attached hydrogen (secondary N) is 1. The van der Waals surface area contributed by atoms with Crippen molar-refractivity contribution in [2.75, 3.05) is 45.0 Å². The second-order valence-electron chi connectivity index (χ2n) is 7.53. The van der Waals surface area contributed by atoms with Gasteiger partial charge in [0.05, 0.1) is 12.3 Å². The summed E-state index contributed by atoms with van der Waals surface area (Å²) < 4.78 is 25.4. The van der Waals surface area contributed by atoms with Crippen molar-refractivity contribution in [3.8, 4) is 0 Å². The van der Waals surface area contributed by atoms with Crippen molar-refractivity contribution in [3.05, 3.63) is 35.9 Å². The lowest BCUT2D eigenvalue weighted by Crippen LogP contribution is -2.48. The molecule has 1 N–H and O–H groups in total. The quantitative estimate of drug-likeness (QED) is 0.369. The average Bonchev–Trinajstić information content (AvgIpc) is 3.00. The maximum Gasteiger partial charge on any atom is 0.214 e. The Kier molecular flexibility index (Phi) is 9.01. The Bertz CT molecular complexity index is 742. The van der Waals surface area contributed by atoms with Gasteiger partial charge in [0.15, 0.2) is 5.96 Å². The van der Waals surface area contributed by atoms with Crippen molar-refractivity contribution >= 4 is 40.0 Å². The van der Waals surface area contributed by atoms with Crippen molar-refractivity contribution in [2.45, 2.75) is 32.6 Å². The van der Waals surface area contributed by atoms with Crippen LogP contribution in [0.1, 0.15) is 38.2 Å². The highest BCUT2D eigenvalue weighted by molar-refractivity contribution is 14.0. The van der Waals surface area contributed by atoms with Gasteiger partial charge in [-0.05, 0) is 37.2 Å². The minimum absolute atomic E-state index is 0. The van der Waals surface area contributed by atoms with Crippen LogP contribution in [-0.4, -0.2) is 68.6 Å². The molecule has 3 rings (SSSR count). The SMILES string of the molecule is CCNC(=NCCN1CCCS1(=O)=O)N1CCC(c2ccccc2)C(C)C1.I. The summed E-state index contributed by atoms with van der Waals surface area (Å²) in [7, 11) is -3.04. The standard InChI is InChI=1S/C20H32N4O2S.HI/c1-3-21-20(22-11-14-24-12-7-15-27(24,25)26)23-13-10-19(17(2)16-23)18-8-5-4-6-9-18;/h4-6,8-9,17,19H,3,7,10-16H2,1-2H3,(H,21,22);1H. The van der Waals surface area contributed by atoms with Crippen LogP contribution in [0, 0.1) is 5.92 Å². The number of aliphatic imine (C=N–C) groups is 1. The minimum atomic E-state index is -3.04. The minimum Gasteiger partial charge on any atom is -0.357 e. The number of piperidine rings is 1. The number of hydrogen-bond donors (Lipinski definition) is 1. The first kappa shape index (κ1) is 23.4. The second-order valence-corrected chi connectivity index (χ2v) is 9.62. The zero-order valence-electron chi connectivity index (χ0n) is 16.9. The number of likely N-dealkylation sites (tertiary alicyclic amines) is 1. The highest BCUT2D eigenvalue weighted by Crippen LogP contribution is 2.32. The molecule has 2 heterocycles. The van der Waals surface area contributed by atoms with Crippen LogP contribution in [0.3, 0.4) is 0 Å². The van der Waals surface area contributed by atoms with Crippen LogP contribution in [0.25, 0.3) is 0 Å². The van der Waals surface area contributed by atoms with Crippen molar-refractivity contribution in [1.82, 2.24) is 14.5 Å². The number of benzene rings is 1. The van der Waals surface area contributed by atoms with Gasteiger partial charge in [0.25, 0.3) is 0 Å². The van der Waals surface area contributed by atoms with Crippen LogP contribution < -0.4 is 5.32 Å². The number of nitrogens with zero attached hydrogens (tertiary/aromatic N) is 3. The van der Waals surface area contributed by atoms with Crippen molar-refractivity contribution in [1.29, 1.82) is 0 Å². The Balaban J connectivity index is 0.00000280. The van der Waals surface area contributed by atoms with Crippen LogP contribution in [0.5, 0.6) is 0 Å². The van der Waals surface area contributed by atoms with E-state index in [0.717, 1.165) is 38.4 Å². The summed E-state index contributed by atoms with van der Waals surface area (Å²) in [6.07, 6.45) is 1.84. The van der Waals surface area contributed by atoms with Gasteiger partial charge in [0, 0.05) is 32.7 Å². The summed E-state index contributed by atoms with van der Waals surface area (Å²) in [6, 6.07) is 10.8. The molecule has 1 aromatic rings. The molecule has 0 bridgehead atoms. The maximum atomic E-state index is 11.9. The molecule has 0 spiro atoms. The Hall–Kier alpha value is -0.870. The fraction of sp³-hybridized carbons (Fsp3) is 0.650. The highest BCUT2D eigenvalue weighted by Gasteiger charge is 2.29. The third kappa shape index (κ3) is 5.82. The molecule has 2 fully saturated rings. The molecule has 2 atom stereocenters. The molecule has 0 radical (unpaired) electrons. The molecule has 2 saturated heterocycles. The van der Waals surface area contributed by atoms with Crippen molar-refractivity contribution in [2.24, 2.45) is 10.9 Å². The highest BCUT2D eigenvalue weighted by atomic mass is 127. The van der Waals surface area contributed by atoms with Gasteiger partial charge in [-0.2, -0.15) is 0 Å². The largest absolute Gasteiger partial charge is 0.357 e. The van der Waals surface area contributed by atoms with Crippen LogP contribution in [0.2, 0.25) is 0 Å². The first-order chi connectivity index (χ1) is 13.0. The summed E-state index contributed by atoms with van der Waals surface area (Å²) in [6.45, 7) is 8.75. The maximum absolute atomic E-state index is 11.9. The number of hydrogen-bond acceptors (Lipinski definition) is 3. The lowest BCUT2D eigenvalue weighted by Gasteiger charge is -2.39. The predicted octanol–water partition coefficient (Wildman–Crippen LogP) is 2.73. The summed E-state index contributed by atoms with van der Waals surface area (Å²) in [5.74, 6) is 2.32. The normalized spacial score (nSPS) is 25.4. The van der Waals surface area contributed by atoms with Crippen molar-refractivity contribution in [3.63, 3.8) is 0 Å². The topological polar surface area (TPSA) is 65.0 Å². The molecule has 2 aliphatic rings. The lowest BCUT2D eigenvalue weighted by atomic mass is 9.82. The van der Waals surface area contributed by atoms with E-state index in [4.69, 9.17) is 4.99 Å². The number of sulfonamides is 1. The van der Waals surface area contributed by atoms with Crippen molar-refractivity contribution < 1.29 is 8.42 Å². The molecular weight excluding hydrogens is 487 g/mol. The van der Waals surface area contributed by atoms with Crippen LogP contribution in [-0.2, 0) is 10.0 Å². The van der Waals surface area contributed by atoms with E-state index in [1.807, 2.05) is 0 Å². The van der Waals surface area contributed by atoms with E-state index in [0.29, 0.717) is 31.5 Å². The van der Waals surface area contributed by atoms with E-state index < -0.39 is 10.0 Å².